The van der Waals surface area contributed by atoms with Crippen molar-refractivity contribution in [3.05, 3.63) is 102 Å². The summed E-state index contributed by atoms with van der Waals surface area (Å²) in [6.45, 7) is 4.26. The van der Waals surface area contributed by atoms with Gasteiger partial charge in [-0.3, -0.25) is 9.48 Å². The first-order chi connectivity index (χ1) is 16.4. The maximum absolute atomic E-state index is 14.0. The summed E-state index contributed by atoms with van der Waals surface area (Å²) in [5.74, 6) is 0.0534. The minimum atomic E-state index is -0.584. The van der Waals surface area contributed by atoms with E-state index in [2.05, 4.69) is 20.7 Å². The van der Waals surface area contributed by atoms with E-state index < -0.39 is 6.04 Å². The highest BCUT2D eigenvalue weighted by molar-refractivity contribution is 5.95. The van der Waals surface area contributed by atoms with Gasteiger partial charge in [-0.15, -0.1) is 0 Å². The van der Waals surface area contributed by atoms with Crippen molar-refractivity contribution in [3.8, 4) is 11.1 Å². The third-order valence-corrected chi connectivity index (χ3v) is 5.84. The number of hydrogen-bond donors (Lipinski definition) is 2. The smallest absolute Gasteiger partial charge is 0.247 e. The van der Waals surface area contributed by atoms with Crippen molar-refractivity contribution in [2.24, 2.45) is 7.05 Å². The molecule has 7 heteroatoms. The van der Waals surface area contributed by atoms with Crippen LogP contribution in [-0.2, 0) is 11.8 Å². The van der Waals surface area contributed by atoms with Crippen LogP contribution >= 0.6 is 0 Å². The van der Waals surface area contributed by atoms with Gasteiger partial charge in [-0.2, -0.15) is 5.10 Å². The zero-order valence-corrected chi connectivity index (χ0v) is 19.5. The molecule has 0 radical (unpaired) electrons. The predicted molar refractivity (Wildman–Crippen MR) is 132 cm³/mol. The van der Waals surface area contributed by atoms with Crippen LogP contribution in [0.25, 0.3) is 11.1 Å². The van der Waals surface area contributed by atoms with E-state index in [-0.39, 0.29) is 17.6 Å². The average Bonchev–Trinajstić information content (AvgIpc) is 3.28. The first-order valence-electron chi connectivity index (χ1n) is 11.2. The number of carbonyl (C=O) groups is 1. The molecule has 0 aliphatic rings. The van der Waals surface area contributed by atoms with E-state index in [1.807, 2.05) is 62.6 Å². The second-order valence-electron chi connectivity index (χ2n) is 8.49. The minimum absolute atomic E-state index is 0.0194. The van der Waals surface area contributed by atoms with Crippen molar-refractivity contribution in [2.45, 2.75) is 25.8 Å². The van der Waals surface area contributed by atoms with Crippen LogP contribution in [0, 0.1) is 12.7 Å². The Morgan fingerprint density at radius 3 is 2.47 bits per heavy atom. The van der Waals surface area contributed by atoms with Crippen LogP contribution in [0.15, 0.2) is 79.3 Å². The van der Waals surface area contributed by atoms with Gasteiger partial charge in [0.1, 0.15) is 17.7 Å². The lowest BCUT2D eigenvalue weighted by molar-refractivity contribution is -0.118. The lowest BCUT2D eigenvalue weighted by Crippen LogP contribution is -2.35. The van der Waals surface area contributed by atoms with Crippen molar-refractivity contribution in [1.82, 2.24) is 20.1 Å². The molecule has 0 bridgehead atoms. The molecule has 174 valence electrons. The maximum atomic E-state index is 14.0. The normalized spacial score (nSPS) is 12.8. The summed E-state index contributed by atoms with van der Waals surface area (Å²) in [5, 5.41) is 10.4. The van der Waals surface area contributed by atoms with Crippen LogP contribution in [0.5, 0.6) is 0 Å². The first-order valence-corrected chi connectivity index (χ1v) is 11.2. The molecule has 34 heavy (non-hydrogen) atoms. The summed E-state index contributed by atoms with van der Waals surface area (Å²) in [6, 6.07) is 17.9. The topological polar surface area (TPSA) is 71.8 Å². The summed E-state index contributed by atoms with van der Waals surface area (Å²) < 4.78 is 15.7. The van der Waals surface area contributed by atoms with Crippen LogP contribution in [0.2, 0.25) is 0 Å². The van der Waals surface area contributed by atoms with Crippen molar-refractivity contribution in [2.75, 3.05) is 11.9 Å². The van der Waals surface area contributed by atoms with Crippen molar-refractivity contribution in [3.63, 3.8) is 0 Å². The standard InChI is InChI=1S/C27H28FN5O/c1-18-9-10-21(13-24(18)28)19(2)14-30-26(20-7-5-4-6-8-20)27(34)32-25-12-11-22(15-29-25)23-16-31-33(3)17-23/h4-13,15-17,19,26,30H,14H2,1-3H3,(H,29,32,34)/t19-,26+/m0/s1. The summed E-state index contributed by atoms with van der Waals surface area (Å²) in [5.41, 5.74) is 4.22. The van der Waals surface area contributed by atoms with Gasteiger partial charge in [-0.05, 0) is 47.7 Å². The van der Waals surface area contributed by atoms with Crippen LogP contribution in [-0.4, -0.2) is 27.2 Å². The molecule has 0 fully saturated rings. The summed E-state index contributed by atoms with van der Waals surface area (Å²) in [7, 11) is 1.86. The Morgan fingerprint density at radius 2 is 1.82 bits per heavy atom. The second kappa shape index (κ2) is 10.4. The number of amides is 1. The molecule has 2 atom stereocenters. The van der Waals surface area contributed by atoms with Gasteiger partial charge in [0.15, 0.2) is 0 Å². The molecule has 2 aromatic heterocycles. The first kappa shape index (κ1) is 23.3. The Morgan fingerprint density at radius 1 is 1.03 bits per heavy atom. The number of halogens is 1. The SMILES string of the molecule is Cc1ccc([C@@H](C)CN[C@@H](C(=O)Nc2ccc(-c3cnn(C)c3)cn2)c2ccccc2)cc1F. The number of rotatable bonds is 8. The lowest BCUT2D eigenvalue weighted by atomic mass is 9.98. The minimum Gasteiger partial charge on any atom is -0.309 e. The molecule has 0 aliphatic heterocycles. The fraction of sp³-hybridized carbons (Fsp3) is 0.222. The molecule has 0 spiro atoms. The van der Waals surface area contributed by atoms with E-state index in [9.17, 15) is 9.18 Å². The zero-order chi connectivity index (χ0) is 24.1. The molecule has 2 N–H and O–H groups in total. The van der Waals surface area contributed by atoms with E-state index >= 15 is 0 Å². The van der Waals surface area contributed by atoms with E-state index in [1.165, 1.54) is 0 Å². The molecule has 0 saturated heterocycles. The average molecular weight is 458 g/mol. The van der Waals surface area contributed by atoms with Crippen molar-refractivity contribution < 1.29 is 9.18 Å². The monoisotopic (exact) mass is 457 g/mol. The molecule has 1 amide bonds. The molecule has 6 nitrogen and oxygen atoms in total. The highest BCUT2D eigenvalue weighted by Gasteiger charge is 2.22. The third-order valence-electron chi connectivity index (χ3n) is 5.84. The maximum Gasteiger partial charge on any atom is 0.247 e. The van der Waals surface area contributed by atoms with Crippen LogP contribution in [0.3, 0.4) is 0 Å². The Bertz CT molecular complexity index is 1250. The molecule has 2 heterocycles. The lowest BCUT2D eigenvalue weighted by Gasteiger charge is -2.21. The number of hydrogen-bond acceptors (Lipinski definition) is 4. The number of nitrogens with zero attached hydrogens (tertiary/aromatic N) is 3. The molecular weight excluding hydrogens is 429 g/mol. The van der Waals surface area contributed by atoms with Gasteiger partial charge in [0, 0.05) is 37.1 Å². The Labute approximate surface area is 198 Å². The number of aryl methyl sites for hydroxylation is 2. The van der Waals surface area contributed by atoms with Gasteiger partial charge < -0.3 is 10.6 Å². The van der Waals surface area contributed by atoms with E-state index in [0.29, 0.717) is 17.9 Å². The molecular formula is C27H28FN5O. The Hall–Kier alpha value is -3.84. The number of nitrogens with one attached hydrogen (secondary N) is 2. The molecule has 2 aromatic carbocycles. The van der Waals surface area contributed by atoms with Crippen LogP contribution < -0.4 is 10.6 Å². The zero-order valence-electron chi connectivity index (χ0n) is 19.5. The van der Waals surface area contributed by atoms with Gasteiger partial charge in [-0.1, -0.05) is 49.4 Å². The van der Waals surface area contributed by atoms with E-state index in [1.54, 1.807) is 42.2 Å². The Kier molecular flexibility index (Phi) is 7.13. The fourth-order valence-corrected chi connectivity index (χ4v) is 3.74. The number of benzene rings is 2. The second-order valence-corrected chi connectivity index (χ2v) is 8.49. The predicted octanol–water partition coefficient (Wildman–Crippen LogP) is 5.00. The van der Waals surface area contributed by atoms with Gasteiger partial charge in [0.25, 0.3) is 0 Å². The highest BCUT2D eigenvalue weighted by atomic mass is 19.1. The number of aromatic nitrogens is 3. The number of pyridine rings is 1. The molecule has 4 aromatic rings. The fourth-order valence-electron chi connectivity index (χ4n) is 3.74. The van der Waals surface area contributed by atoms with Crippen molar-refractivity contribution in [1.29, 1.82) is 0 Å². The summed E-state index contributed by atoms with van der Waals surface area (Å²) in [6.07, 6.45) is 5.39. The van der Waals surface area contributed by atoms with Gasteiger partial charge >= 0.3 is 0 Å². The van der Waals surface area contributed by atoms with Gasteiger partial charge in [0.2, 0.25) is 5.91 Å². The van der Waals surface area contributed by atoms with E-state index in [0.717, 1.165) is 22.3 Å². The van der Waals surface area contributed by atoms with Crippen molar-refractivity contribution >= 4 is 11.7 Å². The molecule has 0 aliphatic carbocycles. The molecule has 0 saturated carbocycles. The van der Waals surface area contributed by atoms with Gasteiger partial charge in [-0.25, -0.2) is 9.37 Å². The quantitative estimate of drug-likeness (QED) is 0.391. The summed E-state index contributed by atoms with van der Waals surface area (Å²) in [4.78, 5) is 17.6. The molecule has 0 unspecified atom stereocenters. The molecule has 4 rings (SSSR count). The highest BCUT2D eigenvalue weighted by Crippen LogP contribution is 2.22. The van der Waals surface area contributed by atoms with Crippen LogP contribution in [0.4, 0.5) is 10.2 Å². The number of anilines is 1. The largest absolute Gasteiger partial charge is 0.309 e. The van der Waals surface area contributed by atoms with Crippen LogP contribution in [0.1, 0.15) is 35.6 Å². The number of carbonyl (C=O) groups excluding carboxylic acids is 1. The van der Waals surface area contributed by atoms with Gasteiger partial charge in [0.05, 0.1) is 6.20 Å². The summed E-state index contributed by atoms with van der Waals surface area (Å²) >= 11 is 0. The Balaban J connectivity index is 1.47. The third kappa shape index (κ3) is 5.55. The van der Waals surface area contributed by atoms with E-state index in [4.69, 9.17) is 0 Å².